The molecule has 23 heavy (non-hydrogen) atoms. The van der Waals surface area contributed by atoms with Crippen LogP contribution in [0.3, 0.4) is 0 Å². The molecule has 0 spiro atoms. The fourth-order valence-electron chi connectivity index (χ4n) is 2.21. The van der Waals surface area contributed by atoms with Gasteiger partial charge in [0.15, 0.2) is 23.8 Å². The van der Waals surface area contributed by atoms with Crippen molar-refractivity contribution in [2.45, 2.75) is 19.5 Å². The summed E-state index contributed by atoms with van der Waals surface area (Å²) >= 11 is 0. The Morgan fingerprint density at radius 2 is 2.04 bits per heavy atom. The van der Waals surface area contributed by atoms with Crippen molar-refractivity contribution in [3.8, 4) is 11.5 Å². The van der Waals surface area contributed by atoms with E-state index >= 15 is 0 Å². The molecule has 0 fully saturated rings. The first-order valence-electron chi connectivity index (χ1n) is 7.48. The van der Waals surface area contributed by atoms with Gasteiger partial charge in [-0.15, -0.1) is 0 Å². The highest BCUT2D eigenvalue weighted by Gasteiger charge is 2.13. The van der Waals surface area contributed by atoms with E-state index in [-0.39, 0.29) is 11.9 Å². The largest absolute Gasteiger partial charge is 0.493 e. The molecule has 0 aliphatic carbocycles. The fourth-order valence-corrected chi connectivity index (χ4v) is 2.21. The summed E-state index contributed by atoms with van der Waals surface area (Å²) in [7, 11) is 3.18. The van der Waals surface area contributed by atoms with Crippen LogP contribution in [-0.4, -0.2) is 26.7 Å². The van der Waals surface area contributed by atoms with E-state index in [1.54, 1.807) is 20.5 Å². The molecule has 1 amide bonds. The molecule has 2 rings (SSSR count). The standard InChI is InChI=1S/C17H22N2O4/c1-12(14-5-4-8-23-14)18-11-17(20)19-10-13-6-7-15(21-2)16(9-13)22-3/h4-9,12,18H,10-11H2,1-3H3,(H,19,20)/p+1/t12-/m1/s1. The number of methoxy groups -OCH3 is 2. The van der Waals surface area contributed by atoms with Crippen molar-refractivity contribution >= 4 is 5.91 Å². The molecule has 0 saturated heterocycles. The molecule has 6 heteroatoms. The highest BCUT2D eigenvalue weighted by atomic mass is 16.5. The Kier molecular flexibility index (Phi) is 6.05. The first-order valence-corrected chi connectivity index (χ1v) is 7.48. The van der Waals surface area contributed by atoms with Crippen LogP contribution >= 0.6 is 0 Å². The topological polar surface area (TPSA) is 77.3 Å². The van der Waals surface area contributed by atoms with Crippen LogP contribution in [0.4, 0.5) is 0 Å². The Bertz CT molecular complexity index is 626. The van der Waals surface area contributed by atoms with Gasteiger partial charge in [-0.05, 0) is 36.8 Å². The van der Waals surface area contributed by atoms with Crippen LogP contribution in [0.5, 0.6) is 11.5 Å². The summed E-state index contributed by atoms with van der Waals surface area (Å²) < 4.78 is 15.8. The molecule has 0 bridgehead atoms. The Morgan fingerprint density at radius 1 is 1.26 bits per heavy atom. The van der Waals surface area contributed by atoms with E-state index < -0.39 is 0 Å². The second-order valence-corrected chi connectivity index (χ2v) is 5.21. The number of amides is 1. The average molecular weight is 319 g/mol. The minimum absolute atomic E-state index is 0.0295. The van der Waals surface area contributed by atoms with Crippen LogP contribution in [0.2, 0.25) is 0 Å². The number of ether oxygens (including phenoxy) is 2. The van der Waals surface area contributed by atoms with Gasteiger partial charge in [0, 0.05) is 6.54 Å². The monoisotopic (exact) mass is 319 g/mol. The van der Waals surface area contributed by atoms with E-state index in [2.05, 4.69) is 5.32 Å². The summed E-state index contributed by atoms with van der Waals surface area (Å²) in [6, 6.07) is 9.44. The van der Waals surface area contributed by atoms with Crippen LogP contribution in [0.15, 0.2) is 41.0 Å². The van der Waals surface area contributed by atoms with E-state index in [4.69, 9.17) is 13.9 Å². The van der Waals surface area contributed by atoms with Gasteiger partial charge in [-0.25, -0.2) is 0 Å². The molecular formula is C17H23N2O4+. The van der Waals surface area contributed by atoms with Gasteiger partial charge in [-0.1, -0.05) is 6.07 Å². The lowest BCUT2D eigenvalue weighted by Gasteiger charge is -2.11. The van der Waals surface area contributed by atoms with E-state index in [1.807, 2.05) is 42.6 Å². The maximum atomic E-state index is 11.9. The number of benzene rings is 1. The van der Waals surface area contributed by atoms with Crippen LogP contribution in [0.1, 0.15) is 24.3 Å². The molecule has 0 radical (unpaired) electrons. The van der Waals surface area contributed by atoms with Gasteiger partial charge in [0.25, 0.3) is 5.91 Å². The molecule has 0 aliphatic rings. The van der Waals surface area contributed by atoms with Crippen LogP contribution < -0.4 is 20.1 Å². The lowest BCUT2D eigenvalue weighted by atomic mass is 10.2. The summed E-state index contributed by atoms with van der Waals surface area (Å²) in [5.41, 5.74) is 0.954. The lowest BCUT2D eigenvalue weighted by Crippen LogP contribution is -2.86. The van der Waals surface area contributed by atoms with Gasteiger partial charge in [0.2, 0.25) is 0 Å². The number of rotatable bonds is 8. The van der Waals surface area contributed by atoms with Crippen molar-refractivity contribution < 1.29 is 24.0 Å². The maximum Gasteiger partial charge on any atom is 0.275 e. The minimum atomic E-state index is -0.0295. The molecule has 124 valence electrons. The van der Waals surface area contributed by atoms with E-state index in [0.717, 1.165) is 11.3 Å². The van der Waals surface area contributed by atoms with E-state index in [0.29, 0.717) is 24.6 Å². The van der Waals surface area contributed by atoms with Crippen molar-refractivity contribution in [1.82, 2.24) is 5.32 Å². The third-order valence-electron chi connectivity index (χ3n) is 3.59. The predicted octanol–water partition coefficient (Wildman–Crippen LogP) is 1.24. The highest BCUT2D eigenvalue weighted by molar-refractivity contribution is 5.76. The molecule has 0 unspecified atom stereocenters. The third kappa shape index (κ3) is 4.75. The van der Waals surface area contributed by atoms with Crippen molar-refractivity contribution in [1.29, 1.82) is 0 Å². The zero-order valence-electron chi connectivity index (χ0n) is 13.7. The van der Waals surface area contributed by atoms with E-state index in [9.17, 15) is 4.79 Å². The zero-order valence-corrected chi connectivity index (χ0v) is 13.7. The van der Waals surface area contributed by atoms with Gasteiger partial charge in [-0.2, -0.15) is 0 Å². The Morgan fingerprint density at radius 3 is 2.70 bits per heavy atom. The smallest absolute Gasteiger partial charge is 0.275 e. The summed E-state index contributed by atoms with van der Waals surface area (Å²) in [4.78, 5) is 11.9. The predicted molar refractivity (Wildman–Crippen MR) is 85.3 cm³/mol. The van der Waals surface area contributed by atoms with Crippen molar-refractivity contribution in [2.24, 2.45) is 0 Å². The molecule has 1 heterocycles. The van der Waals surface area contributed by atoms with Crippen molar-refractivity contribution in [3.05, 3.63) is 47.9 Å². The Hall–Kier alpha value is -2.47. The van der Waals surface area contributed by atoms with Crippen molar-refractivity contribution in [3.63, 3.8) is 0 Å². The first kappa shape index (κ1) is 16.9. The second-order valence-electron chi connectivity index (χ2n) is 5.21. The van der Waals surface area contributed by atoms with Crippen LogP contribution in [0.25, 0.3) is 0 Å². The molecule has 6 nitrogen and oxygen atoms in total. The number of nitrogens with two attached hydrogens (primary N) is 1. The molecular weight excluding hydrogens is 296 g/mol. The summed E-state index contributed by atoms with van der Waals surface area (Å²) in [6.07, 6.45) is 1.64. The number of furan rings is 1. The number of hydrogen-bond acceptors (Lipinski definition) is 4. The molecule has 0 aliphatic heterocycles. The Balaban J connectivity index is 1.80. The van der Waals surface area contributed by atoms with Crippen LogP contribution in [-0.2, 0) is 11.3 Å². The molecule has 0 saturated carbocycles. The highest BCUT2D eigenvalue weighted by Crippen LogP contribution is 2.27. The zero-order chi connectivity index (χ0) is 16.7. The van der Waals surface area contributed by atoms with Crippen molar-refractivity contribution in [2.75, 3.05) is 20.8 Å². The number of carbonyl (C=O) groups excluding carboxylic acids is 1. The van der Waals surface area contributed by atoms with Crippen LogP contribution in [0, 0.1) is 0 Å². The Labute approximate surface area is 135 Å². The average Bonchev–Trinajstić information content (AvgIpc) is 3.12. The summed E-state index contributed by atoms with van der Waals surface area (Å²) in [5, 5.41) is 4.82. The SMILES string of the molecule is COc1ccc(CNC(=O)C[NH2+][C@H](C)c2ccco2)cc1OC. The minimum Gasteiger partial charge on any atom is -0.493 e. The summed E-state index contributed by atoms with van der Waals surface area (Å²) in [5.74, 6) is 2.15. The molecule has 2 aromatic rings. The van der Waals surface area contributed by atoms with Gasteiger partial charge in [-0.3, -0.25) is 4.79 Å². The number of carbonyl (C=O) groups is 1. The van der Waals surface area contributed by atoms with Gasteiger partial charge < -0.3 is 24.5 Å². The first-order chi connectivity index (χ1) is 11.1. The molecule has 1 aromatic heterocycles. The number of nitrogens with one attached hydrogen (secondary N) is 1. The van der Waals surface area contributed by atoms with Gasteiger partial charge in [0.05, 0.1) is 20.5 Å². The van der Waals surface area contributed by atoms with Gasteiger partial charge >= 0.3 is 0 Å². The molecule has 1 atom stereocenters. The van der Waals surface area contributed by atoms with Gasteiger partial charge in [0.1, 0.15) is 6.04 Å². The summed E-state index contributed by atoms with van der Waals surface area (Å²) in [6.45, 7) is 2.79. The van der Waals surface area contributed by atoms with E-state index in [1.165, 1.54) is 0 Å². The number of quaternary nitrogens is 1. The fraction of sp³-hybridized carbons (Fsp3) is 0.353. The quantitative estimate of drug-likeness (QED) is 0.767. The second kappa shape index (κ2) is 8.24. The normalized spacial score (nSPS) is 11.8. The molecule has 3 N–H and O–H groups in total. The maximum absolute atomic E-state index is 11.9. The molecule has 1 aromatic carbocycles. The lowest BCUT2D eigenvalue weighted by molar-refractivity contribution is -0.684. The number of hydrogen-bond donors (Lipinski definition) is 2. The third-order valence-corrected chi connectivity index (χ3v) is 3.59.